The number of phenols is 1. The van der Waals surface area contributed by atoms with Crippen LogP contribution in [0.15, 0.2) is 18.2 Å². The van der Waals surface area contributed by atoms with Gasteiger partial charge < -0.3 is 10.0 Å². The summed E-state index contributed by atoms with van der Waals surface area (Å²) in [7, 11) is 4.22. The lowest BCUT2D eigenvalue weighted by Gasteiger charge is -2.35. The number of hydrogen-bond acceptors (Lipinski definition) is 3. The minimum absolute atomic E-state index is 0.202. The minimum atomic E-state index is -0.532. The number of hydrogen-bond donors (Lipinski definition) is 1. The van der Waals surface area contributed by atoms with Gasteiger partial charge in [-0.2, -0.15) is 0 Å². The fraction of sp³-hybridized carbons (Fsp3) is 0.571. The first-order valence-corrected chi connectivity index (χ1v) is 6.43. The molecule has 0 radical (unpaired) electrons. The van der Waals surface area contributed by atoms with Gasteiger partial charge in [-0.25, -0.2) is 4.39 Å². The lowest BCUT2D eigenvalue weighted by atomic mass is 10.0. The zero-order valence-electron chi connectivity index (χ0n) is 11.1. The van der Waals surface area contributed by atoms with Crippen LogP contribution in [0.1, 0.15) is 18.4 Å². The van der Waals surface area contributed by atoms with Crippen LogP contribution >= 0.6 is 0 Å². The Morgan fingerprint density at radius 3 is 2.61 bits per heavy atom. The third kappa shape index (κ3) is 3.00. The lowest BCUT2D eigenvalue weighted by Crippen LogP contribution is -2.41. The Kier molecular flexibility index (Phi) is 4.19. The monoisotopic (exact) mass is 252 g/mol. The Balaban J connectivity index is 1.94. The Bertz CT molecular complexity index is 401. The number of benzene rings is 1. The van der Waals surface area contributed by atoms with Crippen LogP contribution in [-0.4, -0.2) is 48.1 Å². The predicted octanol–water partition coefficient (Wildman–Crippen LogP) is 2.06. The second kappa shape index (κ2) is 5.67. The summed E-state index contributed by atoms with van der Waals surface area (Å²) >= 11 is 0. The van der Waals surface area contributed by atoms with Crippen molar-refractivity contribution < 1.29 is 9.50 Å². The number of halogens is 1. The highest BCUT2D eigenvalue weighted by atomic mass is 19.1. The first-order valence-electron chi connectivity index (χ1n) is 6.43. The highest BCUT2D eigenvalue weighted by Crippen LogP contribution is 2.24. The smallest absolute Gasteiger partial charge is 0.165 e. The van der Waals surface area contributed by atoms with E-state index in [-0.39, 0.29) is 5.75 Å². The Morgan fingerprint density at radius 2 is 2.00 bits per heavy atom. The summed E-state index contributed by atoms with van der Waals surface area (Å²) < 4.78 is 13.2. The molecule has 0 bridgehead atoms. The summed E-state index contributed by atoms with van der Waals surface area (Å²) in [4.78, 5) is 4.53. The van der Waals surface area contributed by atoms with Gasteiger partial charge in [0.1, 0.15) is 0 Å². The number of piperidine rings is 1. The lowest BCUT2D eigenvalue weighted by molar-refractivity contribution is 0.139. The van der Waals surface area contributed by atoms with E-state index in [1.807, 2.05) is 0 Å². The number of nitrogens with zero attached hydrogens (tertiary/aromatic N) is 2. The van der Waals surface area contributed by atoms with Crippen LogP contribution in [0.25, 0.3) is 0 Å². The number of phenolic OH excluding ortho intramolecular Hbond substituents is 1. The average Bonchev–Trinajstić information content (AvgIpc) is 2.36. The quantitative estimate of drug-likeness (QED) is 0.892. The van der Waals surface area contributed by atoms with Gasteiger partial charge in [-0.15, -0.1) is 0 Å². The molecule has 0 aromatic heterocycles. The molecule has 1 N–H and O–H groups in total. The molecule has 2 rings (SSSR count). The molecule has 1 aliphatic heterocycles. The molecule has 0 atom stereocenters. The van der Waals surface area contributed by atoms with Gasteiger partial charge in [0.05, 0.1) is 0 Å². The third-order valence-corrected chi connectivity index (χ3v) is 3.75. The fourth-order valence-corrected chi connectivity index (χ4v) is 2.52. The van der Waals surface area contributed by atoms with Crippen molar-refractivity contribution in [1.82, 2.24) is 9.80 Å². The van der Waals surface area contributed by atoms with Crippen molar-refractivity contribution in [2.45, 2.75) is 25.4 Å². The van der Waals surface area contributed by atoms with E-state index in [2.05, 4.69) is 23.9 Å². The van der Waals surface area contributed by atoms with E-state index < -0.39 is 5.82 Å². The Hall–Kier alpha value is -1.13. The second-order valence-corrected chi connectivity index (χ2v) is 5.22. The molecule has 1 aromatic rings. The van der Waals surface area contributed by atoms with E-state index in [4.69, 9.17) is 0 Å². The van der Waals surface area contributed by atoms with Crippen molar-refractivity contribution in [1.29, 1.82) is 0 Å². The molecule has 4 heteroatoms. The highest BCUT2D eigenvalue weighted by Gasteiger charge is 2.21. The molecule has 1 aromatic carbocycles. The molecule has 0 saturated carbocycles. The number of para-hydroxylation sites is 1. The van der Waals surface area contributed by atoms with Crippen molar-refractivity contribution in [3.8, 4) is 5.75 Å². The van der Waals surface area contributed by atoms with Gasteiger partial charge in [-0.3, -0.25) is 4.90 Å². The van der Waals surface area contributed by atoms with E-state index in [0.29, 0.717) is 18.2 Å². The molecular weight excluding hydrogens is 231 g/mol. The molecule has 1 aliphatic rings. The second-order valence-electron chi connectivity index (χ2n) is 5.22. The summed E-state index contributed by atoms with van der Waals surface area (Å²) in [5, 5.41) is 9.66. The average molecular weight is 252 g/mol. The van der Waals surface area contributed by atoms with E-state index in [0.717, 1.165) is 25.9 Å². The number of rotatable bonds is 3. The molecule has 0 unspecified atom stereocenters. The molecule has 1 heterocycles. The van der Waals surface area contributed by atoms with Crippen LogP contribution in [0.5, 0.6) is 5.75 Å². The zero-order chi connectivity index (χ0) is 13.1. The predicted molar refractivity (Wildman–Crippen MR) is 70.1 cm³/mol. The SMILES string of the molecule is CN(C)C1CCN(Cc2cccc(F)c2O)CC1. The van der Waals surface area contributed by atoms with Gasteiger partial charge in [0.2, 0.25) is 0 Å². The van der Waals surface area contributed by atoms with Gasteiger partial charge in [0, 0.05) is 18.2 Å². The Morgan fingerprint density at radius 1 is 1.33 bits per heavy atom. The first-order chi connectivity index (χ1) is 8.58. The van der Waals surface area contributed by atoms with Crippen molar-refractivity contribution in [2.75, 3.05) is 27.2 Å². The normalized spacial score (nSPS) is 18.4. The summed E-state index contributed by atoms with van der Waals surface area (Å²) in [5.41, 5.74) is 0.679. The maximum Gasteiger partial charge on any atom is 0.165 e. The largest absolute Gasteiger partial charge is 0.505 e. The standard InChI is InChI=1S/C14H21FN2O/c1-16(2)12-6-8-17(9-7-12)10-11-4-3-5-13(15)14(11)18/h3-5,12,18H,6-10H2,1-2H3. The van der Waals surface area contributed by atoms with Gasteiger partial charge in [0.25, 0.3) is 0 Å². The van der Waals surface area contributed by atoms with Crippen molar-refractivity contribution in [3.63, 3.8) is 0 Å². The first kappa shape index (κ1) is 13.3. The fourth-order valence-electron chi connectivity index (χ4n) is 2.52. The maximum absolute atomic E-state index is 13.2. The molecule has 3 nitrogen and oxygen atoms in total. The van der Waals surface area contributed by atoms with Gasteiger partial charge in [-0.1, -0.05) is 12.1 Å². The number of aromatic hydroxyl groups is 1. The van der Waals surface area contributed by atoms with Crippen LogP contribution in [0, 0.1) is 5.82 Å². The molecule has 18 heavy (non-hydrogen) atoms. The van der Waals surface area contributed by atoms with Crippen molar-refractivity contribution >= 4 is 0 Å². The molecule has 0 amide bonds. The molecule has 1 fully saturated rings. The van der Waals surface area contributed by atoms with Crippen LogP contribution < -0.4 is 0 Å². The van der Waals surface area contributed by atoms with E-state index >= 15 is 0 Å². The molecule has 0 aliphatic carbocycles. The number of likely N-dealkylation sites (tertiary alicyclic amines) is 1. The molecular formula is C14H21FN2O. The molecule has 1 saturated heterocycles. The van der Waals surface area contributed by atoms with Crippen LogP contribution in [-0.2, 0) is 6.54 Å². The van der Waals surface area contributed by atoms with E-state index in [1.54, 1.807) is 12.1 Å². The summed E-state index contributed by atoms with van der Waals surface area (Å²) in [6.45, 7) is 2.63. The summed E-state index contributed by atoms with van der Waals surface area (Å²) in [5.74, 6) is -0.733. The van der Waals surface area contributed by atoms with Gasteiger partial charge in [-0.05, 0) is 46.1 Å². The van der Waals surface area contributed by atoms with E-state index in [1.165, 1.54) is 6.07 Å². The topological polar surface area (TPSA) is 26.7 Å². The van der Waals surface area contributed by atoms with Gasteiger partial charge >= 0.3 is 0 Å². The Labute approximate surface area is 108 Å². The van der Waals surface area contributed by atoms with Crippen LogP contribution in [0.2, 0.25) is 0 Å². The summed E-state index contributed by atoms with van der Waals surface area (Å²) in [6.07, 6.45) is 2.26. The zero-order valence-corrected chi connectivity index (χ0v) is 11.1. The van der Waals surface area contributed by atoms with Crippen molar-refractivity contribution in [2.24, 2.45) is 0 Å². The highest BCUT2D eigenvalue weighted by molar-refractivity contribution is 5.33. The molecule has 0 spiro atoms. The van der Waals surface area contributed by atoms with Crippen LogP contribution in [0.4, 0.5) is 4.39 Å². The summed E-state index contributed by atoms with van der Waals surface area (Å²) in [6, 6.07) is 5.37. The maximum atomic E-state index is 13.2. The minimum Gasteiger partial charge on any atom is -0.505 e. The molecule has 100 valence electrons. The van der Waals surface area contributed by atoms with Gasteiger partial charge in [0.15, 0.2) is 11.6 Å². The van der Waals surface area contributed by atoms with Crippen LogP contribution in [0.3, 0.4) is 0 Å². The third-order valence-electron chi connectivity index (χ3n) is 3.75. The van der Waals surface area contributed by atoms with Crippen molar-refractivity contribution in [3.05, 3.63) is 29.6 Å². The van der Waals surface area contributed by atoms with E-state index in [9.17, 15) is 9.50 Å².